The number of allylic oxidation sites excluding steroid dienone is 1. The Balaban J connectivity index is 2.54. The normalized spacial score (nSPS) is 17.8. The van der Waals surface area contributed by atoms with E-state index in [-0.39, 0.29) is 12.4 Å². The Labute approximate surface area is 144 Å². The van der Waals surface area contributed by atoms with Crippen LogP contribution in [0.5, 0.6) is 5.75 Å². The van der Waals surface area contributed by atoms with Crippen LogP contribution < -0.4 is 10.1 Å². The summed E-state index contributed by atoms with van der Waals surface area (Å²) in [6.45, 7) is 0.649. The molecular weight excluding hydrogens is 338 g/mol. The fourth-order valence-corrected chi connectivity index (χ4v) is 2.72. The first kappa shape index (κ1) is 18.1. The molecule has 0 radical (unpaired) electrons. The van der Waals surface area contributed by atoms with E-state index in [0.717, 1.165) is 0 Å². The van der Waals surface area contributed by atoms with Crippen molar-refractivity contribution >= 4 is 23.3 Å². The molecule has 0 fully saturated rings. The number of nitrogens with zero attached hydrogens (tertiary/aromatic N) is 1. The van der Waals surface area contributed by atoms with Gasteiger partial charge < -0.3 is 19.7 Å². The van der Waals surface area contributed by atoms with Crippen molar-refractivity contribution in [3.8, 4) is 5.75 Å². The number of carbonyl (C=O) groups excluding carboxylic acids is 1. The monoisotopic (exact) mass is 356 g/mol. The average molecular weight is 356 g/mol. The highest BCUT2D eigenvalue weighted by atomic mass is 32.1. The van der Waals surface area contributed by atoms with E-state index < -0.39 is 18.6 Å². The summed E-state index contributed by atoms with van der Waals surface area (Å²) in [4.78, 5) is 14.0. The quantitative estimate of drug-likeness (QED) is 0.647. The topological polar surface area (TPSA) is 50.8 Å². The number of para-hydroxylation sites is 1. The van der Waals surface area contributed by atoms with Crippen molar-refractivity contribution in [1.82, 2.24) is 10.2 Å². The molecule has 24 heavy (non-hydrogen) atoms. The number of rotatable bonds is 5. The van der Waals surface area contributed by atoms with Crippen LogP contribution in [0.4, 0.5) is 8.78 Å². The predicted molar refractivity (Wildman–Crippen MR) is 88.6 cm³/mol. The van der Waals surface area contributed by atoms with Crippen LogP contribution in [-0.4, -0.2) is 36.2 Å². The standard InChI is InChI=1S/C16H18F2N2O3S/c1-4-22-14(21)12-9(2)20(3)16(24)19-13(12)10-7-5-6-8-11(10)23-15(17)18/h5-8,13,15H,4H2,1-3H3,(H,19,24)/t13-/m1/s1. The van der Waals surface area contributed by atoms with Crippen LogP contribution >= 0.6 is 12.2 Å². The van der Waals surface area contributed by atoms with E-state index in [1.54, 1.807) is 44.0 Å². The Morgan fingerprint density at radius 1 is 1.42 bits per heavy atom. The summed E-state index contributed by atoms with van der Waals surface area (Å²) in [6, 6.07) is 5.55. The molecule has 0 aromatic heterocycles. The smallest absolute Gasteiger partial charge is 0.387 e. The SMILES string of the molecule is CCOC(=O)C1=C(C)N(C)C(=S)N[C@@H]1c1ccccc1OC(F)F. The van der Waals surface area contributed by atoms with Crippen LogP contribution in [0.2, 0.25) is 0 Å². The fourth-order valence-electron chi connectivity index (χ4n) is 2.46. The van der Waals surface area contributed by atoms with Gasteiger partial charge in [0.1, 0.15) is 5.75 Å². The summed E-state index contributed by atoms with van der Waals surface area (Å²) in [5.41, 5.74) is 1.28. The van der Waals surface area contributed by atoms with Crippen LogP contribution in [-0.2, 0) is 9.53 Å². The van der Waals surface area contributed by atoms with Gasteiger partial charge in [0.15, 0.2) is 5.11 Å². The number of thiocarbonyl (C=S) groups is 1. The molecule has 1 aromatic rings. The van der Waals surface area contributed by atoms with E-state index >= 15 is 0 Å². The van der Waals surface area contributed by atoms with Gasteiger partial charge in [-0.15, -0.1) is 0 Å². The van der Waals surface area contributed by atoms with Crippen molar-refractivity contribution in [1.29, 1.82) is 0 Å². The molecule has 1 heterocycles. The largest absolute Gasteiger partial charge is 0.463 e. The lowest BCUT2D eigenvalue weighted by molar-refractivity contribution is -0.139. The summed E-state index contributed by atoms with van der Waals surface area (Å²) in [6.07, 6.45) is 0. The number of esters is 1. The number of alkyl halides is 2. The summed E-state index contributed by atoms with van der Waals surface area (Å²) in [7, 11) is 1.71. The van der Waals surface area contributed by atoms with Gasteiger partial charge in [0.2, 0.25) is 0 Å². The van der Waals surface area contributed by atoms with E-state index in [1.165, 1.54) is 6.07 Å². The minimum Gasteiger partial charge on any atom is -0.463 e. The molecule has 1 N–H and O–H groups in total. The second-order valence-electron chi connectivity index (χ2n) is 5.08. The van der Waals surface area contributed by atoms with E-state index in [0.29, 0.717) is 21.9 Å². The third-order valence-electron chi connectivity index (χ3n) is 3.70. The minimum atomic E-state index is -2.97. The van der Waals surface area contributed by atoms with Crippen molar-refractivity contribution in [2.75, 3.05) is 13.7 Å². The van der Waals surface area contributed by atoms with E-state index in [4.69, 9.17) is 17.0 Å². The second-order valence-corrected chi connectivity index (χ2v) is 5.46. The Kier molecular flexibility index (Phi) is 5.71. The van der Waals surface area contributed by atoms with Gasteiger partial charge in [0, 0.05) is 18.3 Å². The molecule has 0 unspecified atom stereocenters. The maximum atomic E-state index is 12.7. The maximum absolute atomic E-state index is 12.7. The Bertz CT molecular complexity index is 679. The highest BCUT2D eigenvalue weighted by Crippen LogP contribution is 2.35. The molecule has 0 bridgehead atoms. The number of hydrogen-bond acceptors (Lipinski definition) is 4. The van der Waals surface area contributed by atoms with Gasteiger partial charge in [-0.25, -0.2) is 4.79 Å². The molecule has 0 aliphatic carbocycles. The maximum Gasteiger partial charge on any atom is 0.387 e. The number of hydrogen-bond donors (Lipinski definition) is 1. The highest BCUT2D eigenvalue weighted by Gasteiger charge is 2.35. The number of halogens is 2. The molecule has 0 saturated carbocycles. The first-order valence-electron chi connectivity index (χ1n) is 7.32. The van der Waals surface area contributed by atoms with Crippen molar-refractivity contribution < 1.29 is 23.0 Å². The molecule has 5 nitrogen and oxygen atoms in total. The van der Waals surface area contributed by atoms with E-state index in [1.807, 2.05) is 0 Å². The third kappa shape index (κ3) is 3.64. The van der Waals surface area contributed by atoms with Gasteiger partial charge in [0.25, 0.3) is 0 Å². The zero-order chi connectivity index (χ0) is 17.9. The van der Waals surface area contributed by atoms with Gasteiger partial charge >= 0.3 is 12.6 Å². The molecule has 130 valence electrons. The van der Waals surface area contributed by atoms with Crippen molar-refractivity contribution in [2.45, 2.75) is 26.5 Å². The lowest BCUT2D eigenvalue weighted by Gasteiger charge is -2.35. The molecule has 8 heteroatoms. The molecule has 1 aromatic carbocycles. The second kappa shape index (κ2) is 7.57. The van der Waals surface area contributed by atoms with Gasteiger partial charge in [0.05, 0.1) is 18.2 Å². The molecule has 0 spiro atoms. The van der Waals surface area contributed by atoms with E-state index in [2.05, 4.69) is 10.1 Å². The van der Waals surface area contributed by atoms with Crippen LogP contribution in [0.1, 0.15) is 25.5 Å². The molecule has 2 rings (SSSR count). The zero-order valence-electron chi connectivity index (χ0n) is 13.5. The van der Waals surface area contributed by atoms with Crippen molar-refractivity contribution in [3.63, 3.8) is 0 Å². The van der Waals surface area contributed by atoms with Gasteiger partial charge in [-0.05, 0) is 32.1 Å². The Morgan fingerprint density at radius 3 is 2.71 bits per heavy atom. The summed E-state index contributed by atoms with van der Waals surface area (Å²) in [5.74, 6) is -0.555. The molecule has 0 saturated heterocycles. The van der Waals surface area contributed by atoms with E-state index in [9.17, 15) is 13.6 Å². The first-order valence-corrected chi connectivity index (χ1v) is 7.73. The first-order chi connectivity index (χ1) is 11.4. The zero-order valence-corrected chi connectivity index (χ0v) is 14.3. The van der Waals surface area contributed by atoms with Crippen molar-refractivity contribution in [3.05, 3.63) is 41.1 Å². The predicted octanol–water partition coefficient (Wildman–Crippen LogP) is 2.99. The number of carbonyl (C=O) groups is 1. The van der Waals surface area contributed by atoms with Gasteiger partial charge in [-0.1, -0.05) is 18.2 Å². The number of nitrogens with one attached hydrogen (secondary N) is 1. The number of ether oxygens (including phenoxy) is 2. The summed E-state index contributed by atoms with van der Waals surface area (Å²) >= 11 is 5.26. The van der Waals surface area contributed by atoms with Crippen LogP contribution in [0.15, 0.2) is 35.5 Å². The average Bonchev–Trinajstić information content (AvgIpc) is 2.52. The lowest BCUT2D eigenvalue weighted by Crippen LogP contribution is -2.46. The Hall–Kier alpha value is -2.22. The number of benzene rings is 1. The summed E-state index contributed by atoms with van der Waals surface area (Å²) < 4.78 is 35.0. The van der Waals surface area contributed by atoms with Crippen LogP contribution in [0.25, 0.3) is 0 Å². The van der Waals surface area contributed by atoms with Crippen molar-refractivity contribution in [2.24, 2.45) is 0 Å². The third-order valence-corrected chi connectivity index (χ3v) is 4.09. The minimum absolute atomic E-state index is 0.0213. The molecule has 1 aliphatic heterocycles. The fraction of sp³-hybridized carbons (Fsp3) is 0.375. The molecule has 0 amide bonds. The molecule has 1 aliphatic rings. The van der Waals surface area contributed by atoms with Crippen LogP contribution in [0, 0.1) is 0 Å². The van der Waals surface area contributed by atoms with Crippen LogP contribution in [0.3, 0.4) is 0 Å². The van der Waals surface area contributed by atoms with Gasteiger partial charge in [-0.2, -0.15) is 8.78 Å². The molecule has 1 atom stereocenters. The highest BCUT2D eigenvalue weighted by molar-refractivity contribution is 7.80. The summed E-state index contributed by atoms with van der Waals surface area (Å²) in [5, 5.41) is 3.36. The van der Waals surface area contributed by atoms with Gasteiger partial charge in [-0.3, -0.25) is 0 Å². The molecular formula is C16H18F2N2O3S. The lowest BCUT2D eigenvalue weighted by atomic mass is 9.94. The Morgan fingerprint density at radius 2 is 2.08 bits per heavy atom.